The molecule has 4 aromatic rings. The lowest BCUT2D eigenvalue weighted by molar-refractivity contribution is 0.0365. The quantitative estimate of drug-likeness (QED) is 0.160. The number of allylic oxidation sites excluding steroid dienone is 1. The van der Waals surface area contributed by atoms with Gasteiger partial charge in [-0.2, -0.15) is 0 Å². The van der Waals surface area contributed by atoms with Gasteiger partial charge < -0.3 is 14.0 Å². The van der Waals surface area contributed by atoms with Crippen LogP contribution in [0.4, 0.5) is 10.5 Å². The predicted molar refractivity (Wildman–Crippen MR) is 173 cm³/mol. The van der Waals surface area contributed by atoms with Gasteiger partial charge in [0.2, 0.25) is 0 Å². The minimum absolute atomic E-state index is 0.0232. The van der Waals surface area contributed by atoms with Gasteiger partial charge in [0.25, 0.3) is 0 Å². The zero-order valence-corrected chi connectivity index (χ0v) is 25.4. The number of Topliss-reactive ketones (excluding diaryl/α,β-unsaturated/α-hetero) is 1. The van der Waals surface area contributed by atoms with Crippen molar-refractivity contribution in [1.29, 1.82) is 0 Å². The van der Waals surface area contributed by atoms with Crippen molar-refractivity contribution >= 4 is 28.5 Å². The number of carbonyl (C=O) groups excluding carboxylic acids is 2. The van der Waals surface area contributed by atoms with E-state index in [0.717, 1.165) is 79.0 Å². The van der Waals surface area contributed by atoms with Gasteiger partial charge in [0, 0.05) is 61.0 Å². The Morgan fingerprint density at radius 2 is 1.72 bits per heavy atom. The smallest absolute Gasteiger partial charge is 0.412 e. The highest BCUT2D eigenvalue weighted by molar-refractivity contribution is 6.02. The van der Waals surface area contributed by atoms with Crippen LogP contribution in [-0.4, -0.2) is 59.8 Å². The number of hydrogen-bond acceptors (Lipinski definition) is 5. The van der Waals surface area contributed by atoms with Gasteiger partial charge in [-0.05, 0) is 79.8 Å². The van der Waals surface area contributed by atoms with E-state index in [1.54, 1.807) is 0 Å². The van der Waals surface area contributed by atoms with E-state index >= 15 is 0 Å². The number of hydrogen-bond donors (Lipinski definition) is 1. The Bertz CT molecular complexity index is 1590. The SMILES string of the molecule is C=CCc1cn(CCN2CCOCC2)c2ccc(C(=O)Cc3cc(-c4ccccc4)ccc3NC(=O)OC(C)(C)C)cc12. The summed E-state index contributed by atoms with van der Waals surface area (Å²) in [4.78, 5) is 28.9. The first-order valence-corrected chi connectivity index (χ1v) is 14.9. The van der Waals surface area contributed by atoms with E-state index < -0.39 is 11.7 Å². The van der Waals surface area contributed by atoms with Crippen molar-refractivity contribution in [2.24, 2.45) is 0 Å². The third-order valence-corrected chi connectivity index (χ3v) is 7.61. The first-order valence-electron chi connectivity index (χ1n) is 14.9. The number of morpholine rings is 1. The molecule has 3 aromatic carbocycles. The Kier molecular flexibility index (Phi) is 9.43. The Balaban J connectivity index is 1.42. The molecule has 43 heavy (non-hydrogen) atoms. The average Bonchev–Trinajstić information content (AvgIpc) is 3.33. The van der Waals surface area contributed by atoms with Crippen LogP contribution in [0.2, 0.25) is 0 Å². The molecule has 0 radical (unpaired) electrons. The van der Waals surface area contributed by atoms with Crippen LogP contribution in [0.1, 0.15) is 42.3 Å². The summed E-state index contributed by atoms with van der Waals surface area (Å²) in [5, 5.41) is 3.93. The lowest BCUT2D eigenvalue weighted by Crippen LogP contribution is -2.38. The number of ketones is 1. The van der Waals surface area contributed by atoms with Gasteiger partial charge in [-0.25, -0.2) is 4.79 Å². The molecule has 1 aromatic heterocycles. The maximum atomic E-state index is 13.8. The van der Waals surface area contributed by atoms with Crippen molar-refractivity contribution in [1.82, 2.24) is 9.47 Å². The van der Waals surface area contributed by atoms with E-state index in [9.17, 15) is 9.59 Å². The van der Waals surface area contributed by atoms with Crippen molar-refractivity contribution in [3.8, 4) is 11.1 Å². The topological polar surface area (TPSA) is 72.8 Å². The Hall–Kier alpha value is -4.20. The number of anilines is 1. The fourth-order valence-corrected chi connectivity index (χ4v) is 5.48. The number of nitrogens with one attached hydrogen (secondary N) is 1. The van der Waals surface area contributed by atoms with Crippen molar-refractivity contribution in [3.63, 3.8) is 0 Å². The standard InChI is InChI=1S/C36H41N3O4/c1-5-9-29-25-39(17-16-38-18-20-42-21-19-38)33-15-13-28(23-31(29)33)34(40)24-30-22-27(26-10-7-6-8-11-26)12-14-32(30)37-35(41)43-36(2,3)4/h5-8,10-15,22-23,25H,1,9,16-21,24H2,2-4H3,(H,37,41). The normalized spacial score (nSPS) is 14.0. The van der Waals surface area contributed by atoms with Crippen molar-refractivity contribution in [2.45, 2.75) is 45.8 Å². The first-order chi connectivity index (χ1) is 20.7. The maximum Gasteiger partial charge on any atom is 0.412 e. The monoisotopic (exact) mass is 579 g/mol. The third-order valence-electron chi connectivity index (χ3n) is 7.61. The number of rotatable bonds is 10. The summed E-state index contributed by atoms with van der Waals surface area (Å²) in [6.45, 7) is 14.7. The van der Waals surface area contributed by atoms with Gasteiger partial charge in [0.05, 0.1) is 13.2 Å². The third kappa shape index (κ3) is 7.80. The van der Waals surface area contributed by atoms with Crippen LogP contribution in [0.5, 0.6) is 0 Å². The molecule has 1 amide bonds. The fourth-order valence-electron chi connectivity index (χ4n) is 5.48. The van der Waals surface area contributed by atoms with Gasteiger partial charge in [-0.15, -0.1) is 6.58 Å². The lowest BCUT2D eigenvalue weighted by atomic mass is 9.96. The molecule has 1 fully saturated rings. The van der Waals surface area contributed by atoms with Crippen molar-refractivity contribution in [3.05, 3.63) is 102 Å². The molecule has 1 N–H and O–H groups in total. The van der Waals surface area contributed by atoms with Crippen LogP contribution in [0.25, 0.3) is 22.0 Å². The summed E-state index contributed by atoms with van der Waals surface area (Å²) in [7, 11) is 0. The number of benzene rings is 3. The summed E-state index contributed by atoms with van der Waals surface area (Å²) in [6, 6.07) is 21.7. The predicted octanol–water partition coefficient (Wildman–Crippen LogP) is 7.14. The summed E-state index contributed by atoms with van der Waals surface area (Å²) >= 11 is 0. The molecule has 0 saturated carbocycles. The van der Waals surface area contributed by atoms with Crippen LogP contribution in [0, 0.1) is 0 Å². The second kappa shape index (κ2) is 13.4. The van der Waals surface area contributed by atoms with E-state index in [1.165, 1.54) is 0 Å². The average molecular weight is 580 g/mol. The van der Waals surface area contributed by atoms with E-state index in [2.05, 4.69) is 33.6 Å². The van der Waals surface area contributed by atoms with Gasteiger partial charge in [0.15, 0.2) is 5.78 Å². The minimum Gasteiger partial charge on any atom is -0.444 e. The molecule has 1 saturated heterocycles. The highest BCUT2D eigenvalue weighted by atomic mass is 16.6. The minimum atomic E-state index is -0.638. The van der Waals surface area contributed by atoms with Gasteiger partial charge in [-0.1, -0.05) is 42.5 Å². The highest BCUT2D eigenvalue weighted by Crippen LogP contribution is 2.29. The van der Waals surface area contributed by atoms with Gasteiger partial charge in [0.1, 0.15) is 5.60 Å². The Labute approximate surface area is 254 Å². The molecule has 1 aliphatic heterocycles. The van der Waals surface area contributed by atoms with Crippen LogP contribution in [0.15, 0.2) is 85.6 Å². The van der Waals surface area contributed by atoms with Crippen molar-refractivity contribution in [2.75, 3.05) is 38.2 Å². The molecule has 2 heterocycles. The zero-order chi connectivity index (χ0) is 30.4. The number of carbonyl (C=O) groups is 2. The number of nitrogens with zero attached hydrogens (tertiary/aromatic N) is 2. The molecular formula is C36H41N3O4. The number of amides is 1. The zero-order valence-electron chi connectivity index (χ0n) is 25.4. The van der Waals surface area contributed by atoms with Crippen LogP contribution in [0.3, 0.4) is 0 Å². The second-order valence-corrected chi connectivity index (χ2v) is 12.0. The molecule has 5 rings (SSSR count). The number of ether oxygens (including phenoxy) is 2. The van der Waals surface area contributed by atoms with Crippen LogP contribution < -0.4 is 5.32 Å². The molecule has 0 bridgehead atoms. The largest absolute Gasteiger partial charge is 0.444 e. The van der Waals surface area contributed by atoms with Crippen LogP contribution >= 0.6 is 0 Å². The lowest BCUT2D eigenvalue weighted by Gasteiger charge is -2.26. The van der Waals surface area contributed by atoms with E-state index in [0.29, 0.717) is 11.3 Å². The summed E-state index contributed by atoms with van der Waals surface area (Å²) < 4.78 is 13.3. The highest BCUT2D eigenvalue weighted by Gasteiger charge is 2.20. The van der Waals surface area contributed by atoms with Crippen molar-refractivity contribution < 1.29 is 19.1 Å². The van der Waals surface area contributed by atoms with E-state index in [4.69, 9.17) is 9.47 Å². The maximum absolute atomic E-state index is 13.8. The van der Waals surface area contributed by atoms with Gasteiger partial charge in [-0.3, -0.25) is 15.0 Å². The number of fused-ring (bicyclic) bond motifs is 1. The first kappa shape index (κ1) is 30.3. The number of aromatic nitrogens is 1. The van der Waals surface area contributed by atoms with Gasteiger partial charge >= 0.3 is 6.09 Å². The molecule has 7 nitrogen and oxygen atoms in total. The fraction of sp³-hybridized carbons (Fsp3) is 0.333. The summed E-state index contributed by atoms with van der Waals surface area (Å²) in [6.07, 6.45) is 4.39. The molecule has 0 aliphatic carbocycles. The second-order valence-electron chi connectivity index (χ2n) is 12.0. The van der Waals surface area contributed by atoms with Crippen LogP contribution in [-0.2, 0) is 28.9 Å². The Morgan fingerprint density at radius 1 is 0.953 bits per heavy atom. The molecule has 7 heteroatoms. The van der Waals surface area contributed by atoms with E-state index in [-0.39, 0.29) is 12.2 Å². The molecule has 0 atom stereocenters. The summed E-state index contributed by atoms with van der Waals surface area (Å²) in [5.41, 5.74) is 5.56. The molecule has 1 aliphatic rings. The Morgan fingerprint density at radius 3 is 2.44 bits per heavy atom. The molecule has 0 unspecified atom stereocenters. The molecule has 224 valence electrons. The molecule has 0 spiro atoms. The summed E-state index contributed by atoms with van der Waals surface area (Å²) in [5.74, 6) is -0.0232. The van der Waals surface area contributed by atoms with E-state index in [1.807, 2.05) is 87.5 Å². The molecular weight excluding hydrogens is 538 g/mol.